The quantitative estimate of drug-likeness (QED) is 0.612. The second-order valence-corrected chi connectivity index (χ2v) is 6.77. The Balaban J connectivity index is 2.01. The lowest BCUT2D eigenvalue weighted by molar-refractivity contribution is -0.127. The van der Waals surface area contributed by atoms with Gasteiger partial charge in [-0.25, -0.2) is 4.99 Å². The van der Waals surface area contributed by atoms with Crippen molar-refractivity contribution in [3.05, 3.63) is 57.2 Å². The molecule has 0 unspecified atom stereocenters. The minimum atomic E-state index is -0.0154. The van der Waals surface area contributed by atoms with E-state index in [0.717, 1.165) is 5.56 Å². The molecular weight excluding hydrogens is 344 g/mol. The summed E-state index contributed by atoms with van der Waals surface area (Å²) in [6.45, 7) is 1.28. The van der Waals surface area contributed by atoms with Crippen molar-refractivity contribution in [3.8, 4) is 0 Å². The molecule has 128 valence electrons. The van der Waals surface area contributed by atoms with E-state index in [1.54, 1.807) is 25.4 Å². The number of nitrogens with zero attached hydrogens (tertiary/aromatic N) is 2. The number of hydrogen-bond donors (Lipinski definition) is 2. The van der Waals surface area contributed by atoms with Crippen molar-refractivity contribution >= 4 is 34.8 Å². The van der Waals surface area contributed by atoms with Crippen LogP contribution in [0.15, 0.2) is 46.8 Å². The third kappa shape index (κ3) is 5.86. The zero-order valence-corrected chi connectivity index (χ0v) is 15.3. The molecule has 0 aliphatic carbocycles. The van der Waals surface area contributed by atoms with Crippen LogP contribution in [0.2, 0.25) is 5.02 Å². The number of carbonyl (C=O) groups is 1. The summed E-state index contributed by atoms with van der Waals surface area (Å²) in [6, 6.07) is 11.7. The van der Waals surface area contributed by atoms with E-state index in [4.69, 9.17) is 11.6 Å². The van der Waals surface area contributed by atoms with Crippen LogP contribution in [0.3, 0.4) is 0 Å². The van der Waals surface area contributed by atoms with Gasteiger partial charge in [-0.1, -0.05) is 35.9 Å². The van der Waals surface area contributed by atoms with Crippen molar-refractivity contribution in [1.29, 1.82) is 0 Å². The van der Waals surface area contributed by atoms with Crippen LogP contribution < -0.4 is 10.6 Å². The second kappa shape index (κ2) is 9.30. The predicted octanol–water partition coefficient (Wildman–Crippen LogP) is 2.73. The van der Waals surface area contributed by atoms with Crippen molar-refractivity contribution in [2.45, 2.75) is 13.1 Å². The molecule has 5 nitrogen and oxygen atoms in total. The SMILES string of the molecule is CN(C)C(=O)CNC(=NCc1ccccc1Cl)NCc1cccs1. The Morgan fingerprint density at radius 2 is 2.00 bits per heavy atom. The summed E-state index contributed by atoms with van der Waals surface area (Å²) in [4.78, 5) is 19.0. The van der Waals surface area contributed by atoms with Crippen molar-refractivity contribution < 1.29 is 4.79 Å². The predicted molar refractivity (Wildman–Crippen MR) is 100 cm³/mol. The monoisotopic (exact) mass is 364 g/mol. The lowest BCUT2D eigenvalue weighted by Crippen LogP contribution is -2.42. The van der Waals surface area contributed by atoms with Crippen LogP contribution in [0, 0.1) is 0 Å². The number of halogens is 1. The molecule has 24 heavy (non-hydrogen) atoms. The summed E-state index contributed by atoms with van der Waals surface area (Å²) in [7, 11) is 3.45. The molecule has 0 saturated carbocycles. The Labute approximate surface area is 151 Å². The van der Waals surface area contributed by atoms with Crippen molar-refractivity contribution in [1.82, 2.24) is 15.5 Å². The summed E-state index contributed by atoms with van der Waals surface area (Å²) in [5.74, 6) is 0.567. The average Bonchev–Trinajstić information content (AvgIpc) is 3.08. The van der Waals surface area contributed by atoms with Crippen LogP contribution in [-0.4, -0.2) is 37.4 Å². The first-order valence-corrected chi connectivity index (χ1v) is 8.80. The number of benzene rings is 1. The molecule has 2 aromatic rings. The van der Waals surface area contributed by atoms with Gasteiger partial charge < -0.3 is 15.5 Å². The summed E-state index contributed by atoms with van der Waals surface area (Å²) in [5, 5.41) is 9.02. The molecule has 2 N–H and O–H groups in total. The van der Waals surface area contributed by atoms with E-state index in [-0.39, 0.29) is 12.5 Å². The maximum absolute atomic E-state index is 11.8. The highest BCUT2D eigenvalue weighted by atomic mass is 35.5. The van der Waals surface area contributed by atoms with Gasteiger partial charge in [0.1, 0.15) is 0 Å². The van der Waals surface area contributed by atoms with Gasteiger partial charge in [-0.2, -0.15) is 0 Å². The Kier molecular flexibility index (Phi) is 7.08. The Morgan fingerprint density at radius 1 is 1.21 bits per heavy atom. The minimum absolute atomic E-state index is 0.0154. The second-order valence-electron chi connectivity index (χ2n) is 5.33. The molecule has 0 atom stereocenters. The third-order valence-corrected chi connectivity index (χ3v) is 4.53. The fourth-order valence-electron chi connectivity index (χ4n) is 1.87. The lowest BCUT2D eigenvalue weighted by Gasteiger charge is -2.14. The van der Waals surface area contributed by atoms with Crippen LogP contribution in [0.5, 0.6) is 0 Å². The van der Waals surface area contributed by atoms with Gasteiger partial charge in [0.05, 0.1) is 19.6 Å². The highest BCUT2D eigenvalue weighted by Gasteiger charge is 2.07. The topological polar surface area (TPSA) is 56.7 Å². The maximum Gasteiger partial charge on any atom is 0.241 e. The van der Waals surface area contributed by atoms with Gasteiger partial charge in [0.25, 0.3) is 0 Å². The normalized spacial score (nSPS) is 11.2. The number of guanidine groups is 1. The summed E-state index contributed by atoms with van der Waals surface area (Å²) < 4.78 is 0. The molecule has 1 heterocycles. The van der Waals surface area contributed by atoms with Gasteiger partial charge in [-0.3, -0.25) is 4.79 Å². The van der Waals surface area contributed by atoms with E-state index in [2.05, 4.69) is 15.6 Å². The molecule has 0 aliphatic heterocycles. The van der Waals surface area contributed by atoms with Crippen LogP contribution in [0.1, 0.15) is 10.4 Å². The fraction of sp³-hybridized carbons (Fsp3) is 0.294. The van der Waals surface area contributed by atoms with E-state index in [0.29, 0.717) is 24.1 Å². The molecule has 1 amide bonds. The Morgan fingerprint density at radius 3 is 2.67 bits per heavy atom. The van der Waals surface area contributed by atoms with E-state index >= 15 is 0 Å². The van der Waals surface area contributed by atoms with E-state index in [1.165, 1.54) is 9.78 Å². The molecule has 0 fully saturated rings. The zero-order chi connectivity index (χ0) is 17.4. The van der Waals surface area contributed by atoms with Crippen LogP contribution in [0.4, 0.5) is 0 Å². The van der Waals surface area contributed by atoms with Crippen LogP contribution in [0.25, 0.3) is 0 Å². The van der Waals surface area contributed by atoms with Gasteiger partial charge in [0.15, 0.2) is 5.96 Å². The number of rotatable bonds is 6. The van der Waals surface area contributed by atoms with Crippen LogP contribution >= 0.6 is 22.9 Å². The van der Waals surface area contributed by atoms with Gasteiger partial charge in [0.2, 0.25) is 5.91 Å². The Hall–Kier alpha value is -2.05. The molecule has 2 rings (SSSR count). The summed E-state index contributed by atoms with van der Waals surface area (Å²) >= 11 is 7.84. The number of amides is 1. The van der Waals surface area contributed by atoms with Crippen LogP contribution in [-0.2, 0) is 17.9 Å². The molecule has 0 bridgehead atoms. The largest absolute Gasteiger partial charge is 0.351 e. The first-order valence-electron chi connectivity index (χ1n) is 7.54. The fourth-order valence-corrected chi connectivity index (χ4v) is 2.71. The molecule has 0 saturated heterocycles. The zero-order valence-electron chi connectivity index (χ0n) is 13.8. The number of thiophene rings is 1. The first kappa shape index (κ1) is 18.3. The highest BCUT2D eigenvalue weighted by Crippen LogP contribution is 2.15. The van der Waals surface area contributed by atoms with Gasteiger partial charge in [0, 0.05) is 24.0 Å². The molecule has 0 radical (unpaired) electrons. The summed E-state index contributed by atoms with van der Waals surface area (Å²) in [6.07, 6.45) is 0. The number of likely N-dealkylation sites (N-methyl/N-ethyl adjacent to an activating group) is 1. The number of carbonyl (C=O) groups excluding carboxylic acids is 1. The van der Waals surface area contributed by atoms with Gasteiger partial charge >= 0.3 is 0 Å². The van der Waals surface area contributed by atoms with E-state index in [9.17, 15) is 4.79 Å². The molecule has 7 heteroatoms. The smallest absolute Gasteiger partial charge is 0.241 e. The van der Waals surface area contributed by atoms with Crippen molar-refractivity contribution in [3.63, 3.8) is 0 Å². The lowest BCUT2D eigenvalue weighted by atomic mass is 10.2. The number of aliphatic imine (C=N–C) groups is 1. The Bertz CT molecular complexity index is 686. The minimum Gasteiger partial charge on any atom is -0.351 e. The molecule has 0 spiro atoms. The van der Waals surface area contributed by atoms with E-state index in [1.807, 2.05) is 41.8 Å². The number of nitrogens with one attached hydrogen (secondary N) is 2. The van der Waals surface area contributed by atoms with E-state index < -0.39 is 0 Å². The average molecular weight is 365 g/mol. The van der Waals surface area contributed by atoms with Crippen molar-refractivity contribution in [2.24, 2.45) is 4.99 Å². The highest BCUT2D eigenvalue weighted by molar-refractivity contribution is 7.09. The standard InChI is InChI=1S/C17H21ClN4OS/c1-22(2)16(23)12-21-17(20-11-14-7-5-9-24-14)19-10-13-6-3-4-8-15(13)18/h3-9H,10-12H2,1-2H3,(H2,19,20,21). The molecule has 1 aromatic carbocycles. The molecule has 1 aromatic heterocycles. The summed E-state index contributed by atoms with van der Waals surface area (Å²) in [5.41, 5.74) is 0.940. The van der Waals surface area contributed by atoms with Gasteiger partial charge in [-0.05, 0) is 23.1 Å². The van der Waals surface area contributed by atoms with Gasteiger partial charge in [-0.15, -0.1) is 11.3 Å². The maximum atomic E-state index is 11.8. The molecular formula is C17H21ClN4OS. The molecule has 0 aliphatic rings. The number of hydrogen-bond acceptors (Lipinski definition) is 3. The first-order chi connectivity index (χ1) is 11.6. The third-order valence-electron chi connectivity index (χ3n) is 3.28. The van der Waals surface area contributed by atoms with Crippen molar-refractivity contribution in [2.75, 3.05) is 20.6 Å².